The predicted octanol–water partition coefficient (Wildman–Crippen LogP) is 4.70. The summed E-state index contributed by atoms with van der Waals surface area (Å²) in [6.07, 6.45) is 1.19. The van der Waals surface area contributed by atoms with E-state index in [1.54, 1.807) is 0 Å². The SMILES string of the molecule is Fc1c(F)c(F)c(-c2ncc(I)cc2Cl)c(F)c1F. The quantitative estimate of drug-likeness (QED) is 0.290. The van der Waals surface area contributed by atoms with E-state index in [4.69, 9.17) is 11.6 Å². The minimum atomic E-state index is -2.22. The minimum Gasteiger partial charge on any atom is -0.253 e. The Morgan fingerprint density at radius 3 is 1.84 bits per heavy atom. The van der Waals surface area contributed by atoms with E-state index in [2.05, 4.69) is 4.98 Å². The number of aromatic nitrogens is 1. The number of hydrogen-bond acceptors (Lipinski definition) is 1. The molecule has 1 aromatic carbocycles. The third-order valence-electron chi connectivity index (χ3n) is 2.25. The van der Waals surface area contributed by atoms with Gasteiger partial charge in [-0.1, -0.05) is 11.6 Å². The van der Waals surface area contributed by atoms with E-state index in [0.29, 0.717) is 3.57 Å². The van der Waals surface area contributed by atoms with Gasteiger partial charge < -0.3 is 0 Å². The van der Waals surface area contributed by atoms with Crippen molar-refractivity contribution in [2.75, 3.05) is 0 Å². The number of hydrogen-bond donors (Lipinski definition) is 0. The Kier molecular flexibility index (Phi) is 3.95. The summed E-state index contributed by atoms with van der Waals surface area (Å²) >= 11 is 7.55. The van der Waals surface area contributed by atoms with Crippen molar-refractivity contribution >= 4 is 34.2 Å². The van der Waals surface area contributed by atoms with Gasteiger partial charge in [-0.15, -0.1) is 0 Å². The lowest BCUT2D eigenvalue weighted by molar-refractivity contribution is 0.381. The second-order valence-electron chi connectivity index (χ2n) is 3.43. The zero-order valence-corrected chi connectivity index (χ0v) is 11.7. The van der Waals surface area contributed by atoms with Crippen molar-refractivity contribution in [1.82, 2.24) is 4.98 Å². The first-order chi connectivity index (χ1) is 8.84. The van der Waals surface area contributed by atoms with E-state index in [0.717, 1.165) is 0 Å². The molecule has 2 aromatic rings. The molecule has 0 unspecified atom stereocenters. The zero-order chi connectivity index (χ0) is 14.3. The maximum Gasteiger partial charge on any atom is 0.200 e. The summed E-state index contributed by atoms with van der Waals surface area (Å²) in [4.78, 5) is 3.61. The average Bonchev–Trinajstić information content (AvgIpc) is 2.37. The third-order valence-corrected chi connectivity index (χ3v) is 3.13. The van der Waals surface area contributed by atoms with Gasteiger partial charge in [-0.2, -0.15) is 0 Å². The molecule has 2 rings (SSSR count). The highest BCUT2D eigenvalue weighted by atomic mass is 127. The van der Waals surface area contributed by atoms with Gasteiger partial charge in [0.05, 0.1) is 16.3 Å². The fraction of sp³-hybridized carbons (Fsp3) is 0. The Labute approximate surface area is 122 Å². The molecule has 1 nitrogen and oxygen atoms in total. The van der Waals surface area contributed by atoms with Crippen LogP contribution in [0.3, 0.4) is 0 Å². The number of halogens is 7. The fourth-order valence-electron chi connectivity index (χ4n) is 1.41. The first-order valence-corrected chi connectivity index (χ1v) is 6.13. The van der Waals surface area contributed by atoms with Crippen molar-refractivity contribution in [3.63, 3.8) is 0 Å². The van der Waals surface area contributed by atoms with Gasteiger partial charge in [-0.05, 0) is 28.7 Å². The van der Waals surface area contributed by atoms with Crippen LogP contribution in [0.2, 0.25) is 5.02 Å². The molecule has 100 valence electrons. The Bertz CT molecular complexity index is 648. The van der Waals surface area contributed by atoms with Crippen molar-refractivity contribution < 1.29 is 22.0 Å². The van der Waals surface area contributed by atoms with Gasteiger partial charge >= 0.3 is 0 Å². The monoisotopic (exact) mass is 405 g/mol. The smallest absolute Gasteiger partial charge is 0.200 e. The number of pyridine rings is 1. The molecule has 19 heavy (non-hydrogen) atoms. The molecule has 8 heteroatoms. The molecule has 0 amide bonds. The van der Waals surface area contributed by atoms with Gasteiger partial charge in [0.2, 0.25) is 5.82 Å². The van der Waals surface area contributed by atoms with E-state index < -0.39 is 40.3 Å². The summed E-state index contributed by atoms with van der Waals surface area (Å²) in [5, 5.41) is -0.213. The predicted molar refractivity (Wildman–Crippen MR) is 67.2 cm³/mol. The lowest BCUT2D eigenvalue weighted by Gasteiger charge is -2.09. The van der Waals surface area contributed by atoms with E-state index >= 15 is 0 Å². The van der Waals surface area contributed by atoms with Crippen LogP contribution < -0.4 is 0 Å². The van der Waals surface area contributed by atoms with Crippen molar-refractivity contribution in [1.29, 1.82) is 0 Å². The molecular formula is C11H2ClF5IN. The second-order valence-corrected chi connectivity index (χ2v) is 5.08. The highest BCUT2D eigenvalue weighted by molar-refractivity contribution is 14.1. The van der Waals surface area contributed by atoms with Crippen molar-refractivity contribution in [3.8, 4) is 11.3 Å². The fourth-order valence-corrected chi connectivity index (χ4v) is 2.31. The molecule has 1 aromatic heterocycles. The maximum atomic E-state index is 13.5. The molecular weight excluding hydrogens is 403 g/mol. The highest BCUT2D eigenvalue weighted by Gasteiger charge is 2.28. The molecule has 0 bridgehead atoms. The van der Waals surface area contributed by atoms with Gasteiger partial charge in [-0.3, -0.25) is 4.98 Å². The third kappa shape index (κ3) is 2.40. The number of rotatable bonds is 1. The molecule has 0 radical (unpaired) electrons. The van der Waals surface area contributed by atoms with E-state index in [9.17, 15) is 22.0 Å². The van der Waals surface area contributed by atoms with Crippen LogP contribution in [0.15, 0.2) is 12.3 Å². The molecule has 0 fully saturated rings. The van der Waals surface area contributed by atoms with Gasteiger partial charge in [0, 0.05) is 9.77 Å². The maximum absolute atomic E-state index is 13.5. The summed E-state index contributed by atoms with van der Waals surface area (Å²) in [6, 6.07) is 1.29. The molecule has 0 spiro atoms. The van der Waals surface area contributed by atoms with E-state index in [1.165, 1.54) is 12.3 Å². The van der Waals surface area contributed by atoms with Crippen LogP contribution in [0.25, 0.3) is 11.3 Å². The Hall–Kier alpha value is -0.960. The Morgan fingerprint density at radius 2 is 1.37 bits per heavy atom. The van der Waals surface area contributed by atoms with Gasteiger partial charge in [-0.25, -0.2) is 22.0 Å². The average molecular weight is 405 g/mol. The van der Waals surface area contributed by atoms with Crippen molar-refractivity contribution in [2.24, 2.45) is 0 Å². The molecule has 0 saturated heterocycles. The zero-order valence-electron chi connectivity index (χ0n) is 8.75. The standard InChI is InChI=1S/C11H2ClF5IN/c12-4-1-3(18)2-19-11(4)5-6(13)8(15)10(17)9(16)7(5)14/h1-2H. The van der Waals surface area contributed by atoms with Crippen LogP contribution >= 0.6 is 34.2 Å². The van der Waals surface area contributed by atoms with Crippen molar-refractivity contribution in [2.45, 2.75) is 0 Å². The summed E-state index contributed by atoms with van der Waals surface area (Å²) in [6.45, 7) is 0. The lowest BCUT2D eigenvalue weighted by Crippen LogP contribution is -2.05. The number of benzene rings is 1. The van der Waals surface area contributed by atoms with E-state index in [1.807, 2.05) is 22.6 Å². The molecule has 0 atom stereocenters. The van der Waals surface area contributed by atoms with Gasteiger partial charge in [0.15, 0.2) is 23.3 Å². The van der Waals surface area contributed by atoms with Gasteiger partial charge in [0.25, 0.3) is 0 Å². The first-order valence-electron chi connectivity index (χ1n) is 4.67. The normalized spacial score (nSPS) is 10.9. The highest BCUT2D eigenvalue weighted by Crippen LogP contribution is 2.34. The summed E-state index contributed by atoms with van der Waals surface area (Å²) < 4.78 is 66.7. The largest absolute Gasteiger partial charge is 0.253 e. The van der Waals surface area contributed by atoms with Crippen LogP contribution in [0.5, 0.6) is 0 Å². The van der Waals surface area contributed by atoms with Crippen LogP contribution in [-0.4, -0.2) is 4.98 Å². The first kappa shape index (κ1) is 14.4. The van der Waals surface area contributed by atoms with E-state index in [-0.39, 0.29) is 5.02 Å². The van der Waals surface area contributed by atoms with Gasteiger partial charge in [0.1, 0.15) is 0 Å². The topological polar surface area (TPSA) is 12.9 Å². The summed E-state index contributed by atoms with van der Waals surface area (Å²) in [5.41, 5.74) is -1.65. The molecule has 0 aliphatic carbocycles. The molecule has 1 heterocycles. The van der Waals surface area contributed by atoms with Crippen LogP contribution in [0.4, 0.5) is 22.0 Å². The molecule has 0 saturated carbocycles. The lowest BCUT2D eigenvalue weighted by atomic mass is 10.1. The number of nitrogens with zero attached hydrogens (tertiary/aromatic N) is 1. The van der Waals surface area contributed by atoms with Crippen molar-refractivity contribution in [3.05, 3.63) is 49.9 Å². The molecule has 0 aliphatic heterocycles. The Morgan fingerprint density at radius 1 is 0.895 bits per heavy atom. The minimum absolute atomic E-state index is 0.213. The van der Waals surface area contributed by atoms with Crippen LogP contribution in [0.1, 0.15) is 0 Å². The molecule has 0 N–H and O–H groups in total. The summed E-state index contributed by atoms with van der Waals surface area (Å²) in [7, 11) is 0. The second kappa shape index (κ2) is 5.20. The summed E-state index contributed by atoms with van der Waals surface area (Å²) in [5.74, 6) is -10.2. The molecule has 0 aliphatic rings. The van der Waals surface area contributed by atoms with Crippen LogP contribution in [0, 0.1) is 32.7 Å². The Balaban J connectivity index is 2.83. The van der Waals surface area contributed by atoms with Crippen LogP contribution in [-0.2, 0) is 0 Å².